The molecule has 9 nitrogen and oxygen atoms in total. The molecule has 4 rings (SSSR count). The third kappa shape index (κ3) is 5.10. The molecule has 0 saturated heterocycles. The second-order valence-electron chi connectivity index (χ2n) is 7.09. The van der Waals surface area contributed by atoms with Crippen LogP contribution >= 0.6 is 0 Å². The Morgan fingerprint density at radius 2 is 1.67 bits per heavy atom. The van der Waals surface area contributed by atoms with Crippen molar-refractivity contribution in [2.24, 2.45) is 5.10 Å². The van der Waals surface area contributed by atoms with Crippen molar-refractivity contribution < 1.29 is 14.6 Å². The minimum absolute atomic E-state index is 0.0465. The first-order chi connectivity index (χ1) is 16.0. The standard InChI is InChI=1S/C24H18N4O5/c29-27(30)20-11-12-23(24(14-20)28(31)32)26-25-15-17-5-3-9-21(13-17)33-16-19-8-4-7-18-6-1-2-10-22(18)19/h1-15,26H,16H2/b25-15+. The van der Waals surface area contributed by atoms with Gasteiger partial charge in [0.2, 0.25) is 0 Å². The largest absolute Gasteiger partial charge is 0.489 e. The topological polar surface area (TPSA) is 120 Å². The molecule has 0 aliphatic carbocycles. The molecule has 0 aliphatic heterocycles. The summed E-state index contributed by atoms with van der Waals surface area (Å²) in [5.74, 6) is 0.646. The highest BCUT2D eigenvalue weighted by Crippen LogP contribution is 2.29. The summed E-state index contributed by atoms with van der Waals surface area (Å²) in [5, 5.41) is 28.4. The summed E-state index contributed by atoms with van der Waals surface area (Å²) in [6.07, 6.45) is 1.48. The van der Waals surface area contributed by atoms with E-state index in [0.29, 0.717) is 17.9 Å². The quantitative estimate of drug-likeness (QED) is 0.213. The van der Waals surface area contributed by atoms with Gasteiger partial charge in [0, 0.05) is 6.07 Å². The van der Waals surface area contributed by atoms with Crippen molar-refractivity contribution in [1.29, 1.82) is 0 Å². The molecule has 0 atom stereocenters. The van der Waals surface area contributed by atoms with E-state index in [1.807, 2.05) is 36.4 Å². The number of nitro groups is 2. The first kappa shape index (κ1) is 21.4. The third-order valence-electron chi connectivity index (χ3n) is 4.92. The maximum atomic E-state index is 11.2. The van der Waals surface area contributed by atoms with Crippen LogP contribution in [0.15, 0.2) is 90.0 Å². The molecule has 0 aliphatic rings. The minimum atomic E-state index is -0.702. The number of nitrogens with one attached hydrogen (secondary N) is 1. The normalized spacial score (nSPS) is 10.9. The van der Waals surface area contributed by atoms with Crippen LogP contribution in [0.4, 0.5) is 17.1 Å². The van der Waals surface area contributed by atoms with Gasteiger partial charge in [0.05, 0.1) is 22.1 Å². The zero-order chi connectivity index (χ0) is 23.2. The number of benzene rings is 4. The first-order valence-corrected chi connectivity index (χ1v) is 9.93. The smallest absolute Gasteiger partial charge is 0.301 e. The highest BCUT2D eigenvalue weighted by Gasteiger charge is 2.19. The number of hydrogen-bond donors (Lipinski definition) is 1. The number of nitrogens with zero attached hydrogens (tertiary/aromatic N) is 3. The summed E-state index contributed by atoms with van der Waals surface area (Å²) in [6.45, 7) is 0.398. The number of nitro benzene ring substituents is 2. The van der Waals surface area contributed by atoms with Crippen molar-refractivity contribution in [2.45, 2.75) is 6.61 Å². The number of hydrogen-bond acceptors (Lipinski definition) is 7. The van der Waals surface area contributed by atoms with Crippen LogP contribution in [0.5, 0.6) is 5.75 Å². The average molecular weight is 442 g/mol. The van der Waals surface area contributed by atoms with Crippen LogP contribution in [0.1, 0.15) is 11.1 Å². The Labute approximate surface area is 188 Å². The molecule has 9 heteroatoms. The predicted molar refractivity (Wildman–Crippen MR) is 126 cm³/mol. The second kappa shape index (κ2) is 9.56. The van der Waals surface area contributed by atoms with Gasteiger partial charge < -0.3 is 4.74 Å². The highest BCUT2D eigenvalue weighted by atomic mass is 16.6. The van der Waals surface area contributed by atoms with Gasteiger partial charge in [-0.3, -0.25) is 25.7 Å². The fourth-order valence-electron chi connectivity index (χ4n) is 3.32. The number of hydrazone groups is 1. The van der Waals surface area contributed by atoms with Gasteiger partial charge in [-0.05, 0) is 40.1 Å². The zero-order valence-corrected chi connectivity index (χ0v) is 17.3. The van der Waals surface area contributed by atoms with Gasteiger partial charge in [0.15, 0.2) is 0 Å². The van der Waals surface area contributed by atoms with E-state index >= 15 is 0 Å². The summed E-state index contributed by atoms with van der Waals surface area (Å²) < 4.78 is 5.96. The van der Waals surface area contributed by atoms with Crippen molar-refractivity contribution >= 4 is 34.0 Å². The maximum absolute atomic E-state index is 11.2. The van der Waals surface area contributed by atoms with Crippen LogP contribution in [-0.4, -0.2) is 16.1 Å². The monoisotopic (exact) mass is 442 g/mol. The SMILES string of the molecule is O=[N+]([O-])c1ccc(N/N=C/c2cccc(OCc3cccc4ccccc34)c2)c([N+](=O)[O-])c1. The second-order valence-corrected chi connectivity index (χ2v) is 7.09. The fraction of sp³-hybridized carbons (Fsp3) is 0.0417. The highest BCUT2D eigenvalue weighted by molar-refractivity contribution is 5.85. The number of anilines is 1. The lowest BCUT2D eigenvalue weighted by Crippen LogP contribution is -1.99. The fourth-order valence-corrected chi connectivity index (χ4v) is 3.32. The lowest BCUT2D eigenvalue weighted by molar-refractivity contribution is -0.393. The number of fused-ring (bicyclic) bond motifs is 1. The Hall–Kier alpha value is -4.79. The Balaban J connectivity index is 1.45. The van der Waals surface area contributed by atoms with Gasteiger partial charge >= 0.3 is 5.69 Å². The maximum Gasteiger partial charge on any atom is 0.301 e. The van der Waals surface area contributed by atoms with Crippen molar-refractivity contribution in [3.63, 3.8) is 0 Å². The molecule has 0 heterocycles. The Kier molecular flexibility index (Phi) is 6.21. The Morgan fingerprint density at radius 1 is 0.879 bits per heavy atom. The summed E-state index contributed by atoms with van der Waals surface area (Å²) in [5.41, 5.74) is 3.59. The van der Waals surface area contributed by atoms with E-state index < -0.39 is 15.5 Å². The molecule has 164 valence electrons. The van der Waals surface area contributed by atoms with E-state index in [4.69, 9.17) is 4.74 Å². The van der Waals surface area contributed by atoms with Gasteiger partial charge in [-0.2, -0.15) is 5.10 Å². The summed E-state index contributed by atoms with van der Waals surface area (Å²) in [6, 6.07) is 24.7. The number of non-ortho nitro benzene ring substituents is 1. The molecule has 0 bridgehead atoms. The van der Waals surface area contributed by atoms with E-state index in [1.54, 1.807) is 12.1 Å². The molecule has 0 unspecified atom stereocenters. The Morgan fingerprint density at radius 3 is 2.48 bits per heavy atom. The molecule has 0 spiro atoms. The minimum Gasteiger partial charge on any atom is -0.489 e. The van der Waals surface area contributed by atoms with E-state index in [2.05, 4.69) is 28.7 Å². The molecule has 0 fully saturated rings. The van der Waals surface area contributed by atoms with Crippen molar-refractivity contribution in [1.82, 2.24) is 0 Å². The van der Waals surface area contributed by atoms with Gasteiger partial charge in [0.1, 0.15) is 18.0 Å². The van der Waals surface area contributed by atoms with Crippen LogP contribution in [0.2, 0.25) is 0 Å². The molecule has 4 aromatic rings. The van der Waals surface area contributed by atoms with Gasteiger partial charge in [0.25, 0.3) is 5.69 Å². The van der Waals surface area contributed by atoms with Crippen molar-refractivity contribution in [2.75, 3.05) is 5.43 Å². The molecular formula is C24H18N4O5. The van der Waals surface area contributed by atoms with Crippen molar-refractivity contribution in [3.05, 3.63) is 116 Å². The van der Waals surface area contributed by atoms with Crippen LogP contribution in [0.25, 0.3) is 10.8 Å². The average Bonchev–Trinajstić information content (AvgIpc) is 2.83. The molecule has 0 saturated carbocycles. The van der Waals surface area contributed by atoms with E-state index in [-0.39, 0.29) is 11.4 Å². The third-order valence-corrected chi connectivity index (χ3v) is 4.92. The van der Waals surface area contributed by atoms with E-state index in [0.717, 1.165) is 22.4 Å². The number of rotatable bonds is 8. The van der Waals surface area contributed by atoms with Crippen LogP contribution in [-0.2, 0) is 6.61 Å². The summed E-state index contributed by atoms with van der Waals surface area (Å²) >= 11 is 0. The lowest BCUT2D eigenvalue weighted by Gasteiger charge is -2.09. The first-order valence-electron chi connectivity index (χ1n) is 9.93. The van der Waals surface area contributed by atoms with Crippen molar-refractivity contribution in [3.8, 4) is 5.75 Å². The van der Waals surface area contributed by atoms with E-state index in [9.17, 15) is 20.2 Å². The molecule has 33 heavy (non-hydrogen) atoms. The van der Waals surface area contributed by atoms with Crippen LogP contribution in [0.3, 0.4) is 0 Å². The molecular weight excluding hydrogens is 424 g/mol. The molecule has 4 aromatic carbocycles. The van der Waals surface area contributed by atoms with Crippen LogP contribution < -0.4 is 10.2 Å². The van der Waals surface area contributed by atoms with Crippen LogP contribution in [0, 0.1) is 20.2 Å². The van der Waals surface area contributed by atoms with Gasteiger partial charge in [-0.1, -0.05) is 54.6 Å². The molecule has 0 amide bonds. The Bertz CT molecular complexity index is 1360. The molecule has 0 aromatic heterocycles. The van der Waals surface area contributed by atoms with Gasteiger partial charge in [-0.25, -0.2) is 0 Å². The van der Waals surface area contributed by atoms with E-state index in [1.165, 1.54) is 18.3 Å². The molecule has 0 radical (unpaired) electrons. The van der Waals surface area contributed by atoms with Gasteiger partial charge in [-0.15, -0.1) is 0 Å². The lowest BCUT2D eigenvalue weighted by atomic mass is 10.1. The number of ether oxygens (including phenoxy) is 1. The predicted octanol–water partition coefficient (Wildman–Crippen LogP) is 5.68. The zero-order valence-electron chi connectivity index (χ0n) is 17.3. The molecule has 1 N–H and O–H groups in total. The summed E-state index contributed by atoms with van der Waals surface area (Å²) in [4.78, 5) is 20.7. The summed E-state index contributed by atoms with van der Waals surface area (Å²) in [7, 11) is 0.